The predicted octanol–water partition coefficient (Wildman–Crippen LogP) is 2.59. The topological polar surface area (TPSA) is 91.2 Å². The molecule has 0 unspecified atom stereocenters. The molecule has 7 nitrogen and oxygen atoms in total. The van der Waals surface area contributed by atoms with Gasteiger partial charge in [0.2, 0.25) is 0 Å². The van der Waals surface area contributed by atoms with Crippen molar-refractivity contribution in [2.45, 2.75) is 18.9 Å². The Morgan fingerprint density at radius 3 is 2.58 bits per heavy atom. The number of hydrazone groups is 1. The molecule has 1 saturated heterocycles. The van der Waals surface area contributed by atoms with Crippen molar-refractivity contribution in [3.63, 3.8) is 0 Å². The summed E-state index contributed by atoms with van der Waals surface area (Å²) in [5.74, 6) is -0.169. The van der Waals surface area contributed by atoms with E-state index < -0.39 is 17.5 Å². The van der Waals surface area contributed by atoms with Crippen LogP contribution in [0.2, 0.25) is 0 Å². The van der Waals surface area contributed by atoms with Crippen molar-refractivity contribution in [1.29, 1.82) is 0 Å². The molecular weight excluding hydrogens is 334 g/mol. The molecule has 0 aliphatic carbocycles. The van der Waals surface area contributed by atoms with Crippen molar-refractivity contribution in [2.75, 3.05) is 7.11 Å². The number of rotatable bonds is 5. The Labute approximate surface area is 150 Å². The highest BCUT2D eigenvalue weighted by atomic mass is 16.5. The van der Waals surface area contributed by atoms with Crippen molar-refractivity contribution < 1.29 is 19.4 Å². The number of nitrogens with one attached hydrogen (secondary N) is 1. The van der Waals surface area contributed by atoms with Gasteiger partial charge in [-0.15, -0.1) is 5.01 Å². The third-order valence-electron chi connectivity index (χ3n) is 4.39. The number of carbonyl (C=O) groups excluding carboxylic acids is 2. The van der Waals surface area contributed by atoms with Crippen LogP contribution < -0.4 is 10.1 Å². The Kier molecular flexibility index (Phi) is 4.62. The highest BCUT2D eigenvalue weighted by Crippen LogP contribution is 2.32. The Bertz CT molecular complexity index is 866. The van der Waals surface area contributed by atoms with Gasteiger partial charge in [0.05, 0.1) is 13.3 Å². The number of hydrogen-bond donors (Lipinski definition) is 2. The van der Waals surface area contributed by atoms with Gasteiger partial charge in [-0.25, -0.2) is 4.79 Å². The highest BCUT2D eigenvalue weighted by molar-refractivity contribution is 6.07. The van der Waals surface area contributed by atoms with E-state index in [0.717, 1.165) is 5.01 Å². The zero-order valence-electron chi connectivity index (χ0n) is 14.5. The first-order valence-electron chi connectivity index (χ1n) is 8.15. The summed E-state index contributed by atoms with van der Waals surface area (Å²) in [6.45, 7) is 1.83. The van der Waals surface area contributed by atoms with Gasteiger partial charge in [-0.2, -0.15) is 5.10 Å². The van der Waals surface area contributed by atoms with Crippen molar-refractivity contribution in [3.05, 3.63) is 59.7 Å². The van der Waals surface area contributed by atoms with Gasteiger partial charge in [-0.1, -0.05) is 37.3 Å². The van der Waals surface area contributed by atoms with Crippen LogP contribution in [0.5, 0.6) is 11.5 Å². The molecule has 134 valence electrons. The number of ether oxygens (including phenoxy) is 1. The number of benzene rings is 2. The largest absolute Gasteiger partial charge is 0.504 e. The number of urea groups is 1. The Morgan fingerprint density at radius 1 is 1.23 bits per heavy atom. The molecule has 0 spiro atoms. The van der Waals surface area contributed by atoms with Crippen LogP contribution in [-0.4, -0.2) is 35.4 Å². The molecule has 0 aromatic heterocycles. The van der Waals surface area contributed by atoms with Crippen molar-refractivity contribution >= 4 is 18.2 Å². The number of nitrogens with zero attached hydrogens (tertiary/aromatic N) is 2. The molecule has 2 N–H and O–H groups in total. The van der Waals surface area contributed by atoms with E-state index in [9.17, 15) is 14.7 Å². The number of hydrogen-bond acceptors (Lipinski definition) is 5. The summed E-state index contributed by atoms with van der Waals surface area (Å²) >= 11 is 0. The highest BCUT2D eigenvalue weighted by Gasteiger charge is 2.51. The molecule has 0 radical (unpaired) electrons. The lowest BCUT2D eigenvalue weighted by Crippen LogP contribution is -2.43. The van der Waals surface area contributed by atoms with E-state index in [0.29, 0.717) is 23.3 Å². The molecule has 1 atom stereocenters. The Hall–Kier alpha value is -3.35. The average Bonchev–Trinajstić information content (AvgIpc) is 2.91. The standard InChI is InChI=1S/C19H19N3O4/c1-3-19(14-7-5-4-6-8-14)17(24)22(18(25)21-19)20-12-13-9-10-16(26-2)15(23)11-13/h4-12,23H,3H2,1-2H3,(H,21,25)/b20-12-/t19-/m1/s1. The van der Waals surface area contributed by atoms with Crippen molar-refractivity contribution in [3.8, 4) is 11.5 Å². The zero-order valence-corrected chi connectivity index (χ0v) is 14.5. The number of methoxy groups -OCH3 is 1. The fraction of sp³-hybridized carbons (Fsp3) is 0.211. The molecule has 1 fully saturated rings. The molecule has 1 aliphatic heterocycles. The number of carbonyl (C=O) groups is 2. The first-order valence-corrected chi connectivity index (χ1v) is 8.15. The van der Waals surface area contributed by atoms with E-state index >= 15 is 0 Å². The van der Waals surface area contributed by atoms with E-state index in [2.05, 4.69) is 10.4 Å². The summed E-state index contributed by atoms with van der Waals surface area (Å²) < 4.78 is 4.98. The maximum atomic E-state index is 12.9. The summed E-state index contributed by atoms with van der Waals surface area (Å²) in [4.78, 5) is 25.2. The summed E-state index contributed by atoms with van der Waals surface area (Å²) in [5.41, 5.74) is 0.107. The van der Waals surface area contributed by atoms with Crippen LogP contribution in [-0.2, 0) is 10.3 Å². The lowest BCUT2D eigenvalue weighted by atomic mass is 9.87. The number of imide groups is 1. The minimum absolute atomic E-state index is 0.0548. The molecular formula is C19H19N3O4. The molecule has 0 saturated carbocycles. The van der Waals surface area contributed by atoms with Gasteiger partial charge in [-0.05, 0) is 35.7 Å². The molecule has 1 aliphatic rings. The van der Waals surface area contributed by atoms with E-state index in [-0.39, 0.29) is 5.75 Å². The minimum atomic E-state index is -1.13. The van der Waals surface area contributed by atoms with Gasteiger partial charge in [0, 0.05) is 0 Å². The molecule has 1 heterocycles. The first-order chi connectivity index (χ1) is 12.5. The maximum absolute atomic E-state index is 12.9. The SMILES string of the molecule is CC[C@]1(c2ccccc2)NC(=O)N(/N=C\c2ccc(OC)c(O)c2)C1=O. The summed E-state index contributed by atoms with van der Waals surface area (Å²) in [5, 5.41) is 17.4. The summed E-state index contributed by atoms with van der Waals surface area (Å²) in [6, 6.07) is 13.2. The summed E-state index contributed by atoms with van der Waals surface area (Å²) in [6.07, 6.45) is 1.74. The number of phenols is 1. The van der Waals surface area contributed by atoms with Crippen molar-refractivity contribution in [1.82, 2.24) is 10.3 Å². The lowest BCUT2D eigenvalue weighted by molar-refractivity contribution is -0.131. The van der Waals surface area contributed by atoms with Crippen LogP contribution in [0.3, 0.4) is 0 Å². The second-order valence-corrected chi connectivity index (χ2v) is 5.85. The smallest absolute Gasteiger partial charge is 0.346 e. The van der Waals surface area contributed by atoms with Crippen LogP contribution in [0.25, 0.3) is 0 Å². The van der Waals surface area contributed by atoms with Crippen LogP contribution in [0.15, 0.2) is 53.6 Å². The van der Waals surface area contributed by atoms with Gasteiger partial charge in [0.1, 0.15) is 5.54 Å². The van der Waals surface area contributed by atoms with Gasteiger partial charge in [0.25, 0.3) is 5.91 Å². The molecule has 2 aromatic rings. The second-order valence-electron chi connectivity index (χ2n) is 5.85. The van der Waals surface area contributed by atoms with Gasteiger partial charge < -0.3 is 15.2 Å². The fourth-order valence-corrected chi connectivity index (χ4v) is 2.94. The summed E-state index contributed by atoms with van der Waals surface area (Å²) in [7, 11) is 1.45. The van der Waals surface area contributed by atoms with E-state index in [1.165, 1.54) is 19.4 Å². The van der Waals surface area contributed by atoms with Gasteiger partial charge >= 0.3 is 6.03 Å². The van der Waals surface area contributed by atoms with Gasteiger partial charge in [0.15, 0.2) is 11.5 Å². The number of aromatic hydroxyl groups is 1. The third-order valence-corrected chi connectivity index (χ3v) is 4.39. The average molecular weight is 353 g/mol. The van der Waals surface area contributed by atoms with E-state index in [4.69, 9.17) is 4.74 Å². The fourth-order valence-electron chi connectivity index (χ4n) is 2.94. The molecule has 3 amide bonds. The predicted molar refractivity (Wildman–Crippen MR) is 96.0 cm³/mol. The van der Waals surface area contributed by atoms with Crippen LogP contribution >= 0.6 is 0 Å². The second kappa shape index (κ2) is 6.87. The number of phenolic OH excluding ortho intramolecular Hbond substituents is 1. The third kappa shape index (κ3) is 2.88. The normalized spacial score (nSPS) is 19.8. The first kappa shape index (κ1) is 17.5. The monoisotopic (exact) mass is 353 g/mol. The molecule has 3 rings (SSSR count). The Morgan fingerprint density at radius 2 is 1.96 bits per heavy atom. The van der Waals surface area contributed by atoms with Crippen LogP contribution in [0.1, 0.15) is 24.5 Å². The molecule has 7 heteroatoms. The number of amides is 3. The maximum Gasteiger partial charge on any atom is 0.346 e. The molecule has 0 bridgehead atoms. The molecule has 26 heavy (non-hydrogen) atoms. The zero-order chi connectivity index (χ0) is 18.7. The minimum Gasteiger partial charge on any atom is -0.504 e. The van der Waals surface area contributed by atoms with Crippen molar-refractivity contribution in [2.24, 2.45) is 5.10 Å². The van der Waals surface area contributed by atoms with E-state index in [1.54, 1.807) is 24.3 Å². The lowest BCUT2D eigenvalue weighted by Gasteiger charge is -2.24. The molecule has 2 aromatic carbocycles. The quantitative estimate of drug-likeness (QED) is 0.638. The van der Waals surface area contributed by atoms with E-state index in [1.807, 2.05) is 25.1 Å². The Balaban J connectivity index is 1.88. The van der Waals surface area contributed by atoms with Crippen LogP contribution in [0.4, 0.5) is 4.79 Å². The van der Waals surface area contributed by atoms with Crippen LogP contribution in [0, 0.1) is 0 Å². The van der Waals surface area contributed by atoms with Gasteiger partial charge in [-0.3, -0.25) is 4.79 Å².